The van der Waals surface area contributed by atoms with Crippen LogP contribution in [-0.4, -0.2) is 67.6 Å². The lowest BCUT2D eigenvalue weighted by atomic mass is 9.88. The first-order chi connectivity index (χ1) is 18.2. The Kier molecular flexibility index (Phi) is 7.14. The third-order valence-electron chi connectivity index (χ3n) is 7.53. The monoisotopic (exact) mass is 502 g/mol. The Morgan fingerprint density at radius 2 is 1.70 bits per heavy atom. The Balaban J connectivity index is 0.965. The first-order valence-electron chi connectivity index (χ1n) is 13.1. The Morgan fingerprint density at radius 1 is 0.892 bits per heavy atom. The summed E-state index contributed by atoms with van der Waals surface area (Å²) in [4.78, 5) is 4.91. The maximum absolute atomic E-state index is 10.8. The number of phenols is 1. The van der Waals surface area contributed by atoms with E-state index < -0.39 is 0 Å². The highest BCUT2D eigenvalue weighted by atomic mass is 16.7. The minimum absolute atomic E-state index is 0.00501. The number of aromatic hydroxyl groups is 1. The molecule has 6 rings (SSSR count). The molecule has 2 saturated heterocycles. The topological polar surface area (TPSA) is 78.5 Å². The molecule has 3 aliphatic rings. The lowest BCUT2D eigenvalue weighted by Crippen LogP contribution is -2.47. The largest absolute Gasteiger partial charge is 0.507 e. The summed E-state index contributed by atoms with van der Waals surface area (Å²) in [6, 6.07) is 22.3. The molecule has 2 unspecified atom stereocenters. The molecule has 0 aliphatic carbocycles. The molecule has 0 spiro atoms. The van der Waals surface area contributed by atoms with Crippen molar-refractivity contribution in [3.05, 3.63) is 83.4 Å². The maximum atomic E-state index is 10.8. The van der Waals surface area contributed by atoms with Crippen LogP contribution in [-0.2, 0) is 6.54 Å². The summed E-state index contributed by atoms with van der Waals surface area (Å²) in [5, 5.41) is 10.8. The Bertz CT molecular complexity index is 1200. The molecule has 8 heteroatoms. The van der Waals surface area contributed by atoms with Gasteiger partial charge in [-0.2, -0.15) is 0 Å². The number of benzene rings is 3. The number of rotatable bonds is 8. The van der Waals surface area contributed by atoms with Crippen LogP contribution < -0.4 is 25.1 Å². The summed E-state index contributed by atoms with van der Waals surface area (Å²) < 4.78 is 16.9. The van der Waals surface area contributed by atoms with Gasteiger partial charge in [-0.15, -0.1) is 0 Å². The predicted molar refractivity (Wildman–Crippen MR) is 141 cm³/mol. The second kappa shape index (κ2) is 11.0. The van der Waals surface area contributed by atoms with Gasteiger partial charge in [0.25, 0.3) is 0 Å². The molecular weight excluding hydrogens is 468 g/mol. The first-order valence-corrected chi connectivity index (χ1v) is 13.1. The van der Waals surface area contributed by atoms with E-state index in [0.29, 0.717) is 19.1 Å². The van der Waals surface area contributed by atoms with Crippen LogP contribution in [0.3, 0.4) is 0 Å². The summed E-state index contributed by atoms with van der Waals surface area (Å²) >= 11 is 0. The zero-order chi connectivity index (χ0) is 25.0. The van der Waals surface area contributed by atoms with Crippen LogP contribution in [0.1, 0.15) is 28.7 Å². The molecule has 3 N–H and O–H groups in total. The minimum atomic E-state index is 0.00501. The smallest absolute Gasteiger partial charge is 0.231 e. The van der Waals surface area contributed by atoms with E-state index in [9.17, 15) is 5.11 Å². The van der Waals surface area contributed by atoms with Gasteiger partial charge in [-0.3, -0.25) is 15.2 Å². The third-order valence-corrected chi connectivity index (χ3v) is 7.53. The van der Waals surface area contributed by atoms with E-state index in [0.717, 1.165) is 62.9 Å². The Morgan fingerprint density at radius 3 is 2.54 bits per heavy atom. The van der Waals surface area contributed by atoms with Crippen molar-refractivity contribution in [1.29, 1.82) is 0 Å². The summed E-state index contributed by atoms with van der Waals surface area (Å²) in [6.07, 6.45) is 0. The molecule has 3 aromatic rings. The summed E-state index contributed by atoms with van der Waals surface area (Å²) in [6.45, 7) is 7.58. The molecule has 0 radical (unpaired) electrons. The van der Waals surface area contributed by atoms with Gasteiger partial charge in [0, 0.05) is 63.4 Å². The Labute approximate surface area is 217 Å². The molecule has 0 aromatic heterocycles. The average Bonchev–Trinajstić information content (AvgIpc) is 3.60. The molecule has 3 aliphatic heterocycles. The summed E-state index contributed by atoms with van der Waals surface area (Å²) in [5.74, 6) is 2.89. The van der Waals surface area contributed by atoms with Crippen LogP contribution in [0.2, 0.25) is 0 Å². The van der Waals surface area contributed by atoms with Gasteiger partial charge in [0.2, 0.25) is 6.79 Å². The van der Waals surface area contributed by atoms with Gasteiger partial charge < -0.3 is 19.3 Å². The molecule has 194 valence electrons. The van der Waals surface area contributed by atoms with Crippen molar-refractivity contribution in [2.24, 2.45) is 0 Å². The molecule has 0 bridgehead atoms. The van der Waals surface area contributed by atoms with E-state index in [2.05, 4.69) is 57.0 Å². The number of nitrogens with zero attached hydrogens (tertiary/aromatic N) is 2. The molecule has 3 aromatic carbocycles. The third kappa shape index (κ3) is 5.52. The molecular formula is C29H34N4O4. The van der Waals surface area contributed by atoms with Crippen LogP contribution in [0.15, 0.2) is 66.7 Å². The maximum Gasteiger partial charge on any atom is 0.231 e. The van der Waals surface area contributed by atoms with Crippen LogP contribution >= 0.6 is 0 Å². The summed E-state index contributed by atoms with van der Waals surface area (Å²) in [5.41, 5.74) is 9.95. The zero-order valence-electron chi connectivity index (χ0n) is 20.9. The quantitative estimate of drug-likeness (QED) is 0.433. The molecule has 37 heavy (non-hydrogen) atoms. The second-order valence-electron chi connectivity index (χ2n) is 9.89. The fourth-order valence-electron chi connectivity index (χ4n) is 5.44. The van der Waals surface area contributed by atoms with Crippen LogP contribution in [0.5, 0.6) is 23.0 Å². The average molecular weight is 503 g/mol. The van der Waals surface area contributed by atoms with Crippen molar-refractivity contribution in [3.8, 4) is 23.0 Å². The standard InChI is InChI=1S/C29H34N4O4/c34-26-17-23(7-8-24(26)29-25(18-30-31-29)22-4-2-1-3-5-22)35-15-14-32-10-12-33(13-11-32)19-21-6-9-27-28(16-21)37-20-36-27/h1-9,16-17,25,29-31,34H,10-15,18-20H2. The highest BCUT2D eigenvalue weighted by Gasteiger charge is 2.31. The van der Waals surface area contributed by atoms with E-state index in [1.807, 2.05) is 24.3 Å². The molecule has 2 fully saturated rings. The molecule has 8 nitrogen and oxygen atoms in total. The van der Waals surface area contributed by atoms with Crippen molar-refractivity contribution in [3.63, 3.8) is 0 Å². The lowest BCUT2D eigenvalue weighted by Gasteiger charge is -2.34. The van der Waals surface area contributed by atoms with Crippen molar-refractivity contribution in [2.45, 2.75) is 18.5 Å². The predicted octanol–water partition coefficient (Wildman–Crippen LogP) is 3.25. The Hall–Kier alpha value is -3.30. The van der Waals surface area contributed by atoms with E-state index in [1.54, 1.807) is 6.07 Å². The molecule has 0 saturated carbocycles. The number of hydrogen-bond donors (Lipinski definition) is 3. The highest BCUT2D eigenvalue weighted by molar-refractivity contribution is 5.45. The van der Waals surface area contributed by atoms with Gasteiger partial charge in [-0.1, -0.05) is 42.5 Å². The van der Waals surface area contributed by atoms with Gasteiger partial charge >= 0.3 is 0 Å². The van der Waals surface area contributed by atoms with Crippen LogP contribution in [0.25, 0.3) is 0 Å². The fourth-order valence-corrected chi connectivity index (χ4v) is 5.44. The minimum Gasteiger partial charge on any atom is -0.507 e. The molecule has 0 amide bonds. The number of phenolic OH excluding ortho intramolecular Hbond substituents is 1. The zero-order valence-corrected chi connectivity index (χ0v) is 20.9. The molecule has 2 atom stereocenters. The van der Waals surface area contributed by atoms with Gasteiger partial charge in [0.1, 0.15) is 18.1 Å². The summed E-state index contributed by atoms with van der Waals surface area (Å²) in [7, 11) is 0. The van der Waals surface area contributed by atoms with E-state index >= 15 is 0 Å². The van der Waals surface area contributed by atoms with E-state index in [4.69, 9.17) is 14.2 Å². The van der Waals surface area contributed by atoms with Crippen molar-refractivity contribution >= 4 is 0 Å². The van der Waals surface area contributed by atoms with Crippen molar-refractivity contribution < 1.29 is 19.3 Å². The normalized spacial score (nSPS) is 21.8. The van der Waals surface area contributed by atoms with Crippen molar-refractivity contribution in [2.75, 3.05) is 52.7 Å². The number of hydrazine groups is 1. The number of fused-ring (bicyclic) bond motifs is 1. The van der Waals surface area contributed by atoms with E-state index in [-0.39, 0.29) is 17.7 Å². The number of nitrogens with one attached hydrogen (secondary N) is 2. The second-order valence-corrected chi connectivity index (χ2v) is 9.89. The first kappa shape index (κ1) is 24.1. The number of piperazine rings is 1. The van der Waals surface area contributed by atoms with Gasteiger partial charge in [-0.05, 0) is 29.3 Å². The van der Waals surface area contributed by atoms with Gasteiger partial charge in [-0.25, -0.2) is 5.43 Å². The lowest BCUT2D eigenvalue weighted by molar-refractivity contribution is 0.112. The van der Waals surface area contributed by atoms with Crippen LogP contribution in [0, 0.1) is 0 Å². The van der Waals surface area contributed by atoms with Crippen molar-refractivity contribution in [1.82, 2.24) is 20.7 Å². The van der Waals surface area contributed by atoms with Crippen LogP contribution in [0.4, 0.5) is 0 Å². The number of ether oxygens (including phenoxy) is 3. The van der Waals surface area contributed by atoms with E-state index in [1.165, 1.54) is 11.1 Å². The highest BCUT2D eigenvalue weighted by Crippen LogP contribution is 2.38. The number of hydrogen-bond acceptors (Lipinski definition) is 8. The van der Waals surface area contributed by atoms with Gasteiger partial charge in [0.05, 0.1) is 6.04 Å². The SMILES string of the molecule is Oc1cc(OCCN2CCN(Cc3ccc4c(c3)OCO4)CC2)ccc1C1NNCC1c1ccccc1. The molecule has 3 heterocycles. The fraction of sp³-hybridized carbons (Fsp3) is 0.379. The van der Waals surface area contributed by atoms with Gasteiger partial charge in [0.15, 0.2) is 11.5 Å².